The predicted molar refractivity (Wildman–Crippen MR) is 110 cm³/mol. The highest BCUT2D eigenvalue weighted by Crippen LogP contribution is 2.41. The Labute approximate surface area is 151 Å². The lowest BCUT2D eigenvalue weighted by atomic mass is 10.1. The minimum absolute atomic E-state index is 0.229. The van der Waals surface area contributed by atoms with Gasteiger partial charge in [0.15, 0.2) is 0 Å². The van der Waals surface area contributed by atoms with Crippen LogP contribution in [0.5, 0.6) is 0 Å². The molecule has 1 aromatic carbocycles. The third-order valence-corrected chi connectivity index (χ3v) is 7.06. The van der Waals surface area contributed by atoms with Crippen molar-refractivity contribution in [2.75, 3.05) is 0 Å². The van der Waals surface area contributed by atoms with E-state index in [1.165, 1.54) is 11.1 Å². The fourth-order valence-corrected chi connectivity index (χ4v) is 4.96. The molecular weight excluding hydrogens is 330 g/mol. The highest BCUT2D eigenvalue weighted by molar-refractivity contribution is 7.84. The Balaban J connectivity index is 2.26. The van der Waals surface area contributed by atoms with Crippen LogP contribution in [0.15, 0.2) is 47.7 Å². The first kappa shape index (κ1) is 19.4. The van der Waals surface area contributed by atoms with Gasteiger partial charge in [0.25, 0.3) is 0 Å². The molecule has 1 heterocycles. The van der Waals surface area contributed by atoms with Crippen molar-refractivity contribution in [1.29, 1.82) is 0 Å². The highest BCUT2D eigenvalue weighted by atomic mass is 32.2. The Hall–Kier alpha value is -0.973. The maximum atomic E-state index is 12.9. The second-order valence-electron chi connectivity index (χ2n) is 8.68. The Morgan fingerprint density at radius 3 is 2.25 bits per heavy atom. The van der Waals surface area contributed by atoms with E-state index in [1.54, 1.807) is 0 Å². The third-order valence-electron chi connectivity index (χ3n) is 3.97. The molecule has 0 radical (unpaired) electrons. The fraction of sp³-hybridized carbons (Fsp3) is 0.500. The molecule has 4 heteroatoms. The maximum Gasteiger partial charge on any atom is 0.101 e. The van der Waals surface area contributed by atoms with Crippen molar-refractivity contribution in [2.45, 2.75) is 64.2 Å². The Morgan fingerprint density at radius 2 is 1.75 bits per heavy atom. The van der Waals surface area contributed by atoms with Gasteiger partial charge in [-0.2, -0.15) is 0 Å². The second kappa shape index (κ2) is 7.10. The molecule has 0 aromatic heterocycles. The zero-order chi connectivity index (χ0) is 18.1. The van der Waals surface area contributed by atoms with Crippen molar-refractivity contribution < 1.29 is 4.21 Å². The third kappa shape index (κ3) is 5.01. The molecule has 1 fully saturated rings. The van der Waals surface area contributed by atoms with Crippen molar-refractivity contribution in [3.63, 3.8) is 0 Å². The minimum Gasteiger partial charge on any atom is -0.242 e. The summed E-state index contributed by atoms with van der Waals surface area (Å²) in [5.41, 5.74) is 4.86. The lowest BCUT2D eigenvalue weighted by molar-refractivity contribution is 0.606. The fourth-order valence-electron chi connectivity index (χ4n) is 2.70. The van der Waals surface area contributed by atoms with Crippen molar-refractivity contribution in [3.05, 3.63) is 53.2 Å². The van der Waals surface area contributed by atoms with E-state index in [2.05, 4.69) is 73.0 Å². The summed E-state index contributed by atoms with van der Waals surface area (Å²) in [5.74, 6) is 0. The monoisotopic (exact) mass is 361 g/mol. The van der Waals surface area contributed by atoms with E-state index in [9.17, 15) is 4.21 Å². The number of hydrogen-bond acceptors (Lipinski definition) is 1. The number of nitrogens with zero attached hydrogens (tertiary/aromatic N) is 1. The molecule has 2 nitrogen and oxygen atoms in total. The molecule has 0 bridgehead atoms. The minimum atomic E-state index is -1.25. The summed E-state index contributed by atoms with van der Waals surface area (Å²) in [6, 6.07) is 10.9. The van der Waals surface area contributed by atoms with Crippen LogP contribution in [0, 0.1) is 0 Å². The standard InChI is InChI=1S/C20H31NOSSi/c1-16(15-17-11-9-8-10-12-17)19-18(13-14-24(5,6)7)21(19)23(22)20(2,3)4/h8-15,18-19H,1-7H3/b14-13+,16-15-. The first-order valence-electron chi connectivity index (χ1n) is 8.64. The first-order valence-corrected chi connectivity index (χ1v) is 13.3. The molecule has 1 aliphatic heterocycles. The number of benzene rings is 1. The summed E-state index contributed by atoms with van der Waals surface area (Å²) >= 11 is 0. The normalized spacial score (nSPS) is 26.6. The van der Waals surface area contributed by atoms with Crippen LogP contribution in [0.2, 0.25) is 19.6 Å². The van der Waals surface area contributed by atoms with Crippen LogP contribution in [0.4, 0.5) is 0 Å². The van der Waals surface area contributed by atoms with Crippen LogP contribution >= 0.6 is 0 Å². The van der Waals surface area contributed by atoms with Crippen molar-refractivity contribution >= 4 is 25.1 Å². The maximum absolute atomic E-state index is 12.9. The van der Waals surface area contributed by atoms with Gasteiger partial charge >= 0.3 is 0 Å². The lowest BCUT2D eigenvalue weighted by Crippen LogP contribution is -2.28. The van der Waals surface area contributed by atoms with Crippen LogP contribution in [0.1, 0.15) is 33.3 Å². The van der Waals surface area contributed by atoms with E-state index < -0.39 is 19.1 Å². The number of rotatable bonds is 5. The molecule has 132 valence electrons. The molecule has 4 atom stereocenters. The van der Waals surface area contributed by atoms with Gasteiger partial charge < -0.3 is 0 Å². The molecule has 1 saturated heterocycles. The predicted octanol–water partition coefficient (Wildman–Crippen LogP) is 5.04. The Morgan fingerprint density at radius 1 is 1.17 bits per heavy atom. The van der Waals surface area contributed by atoms with Crippen LogP contribution in [-0.4, -0.2) is 33.4 Å². The summed E-state index contributed by atoms with van der Waals surface area (Å²) in [7, 11) is -2.24. The van der Waals surface area contributed by atoms with Gasteiger partial charge in [0, 0.05) is 0 Å². The first-order chi connectivity index (χ1) is 11.0. The quantitative estimate of drug-likeness (QED) is 0.531. The average molecular weight is 362 g/mol. The van der Waals surface area contributed by atoms with Gasteiger partial charge in [-0.25, -0.2) is 8.51 Å². The van der Waals surface area contributed by atoms with Gasteiger partial charge in [0.1, 0.15) is 11.0 Å². The summed E-state index contributed by atoms with van der Waals surface area (Å²) in [4.78, 5) is 0. The zero-order valence-electron chi connectivity index (χ0n) is 16.0. The molecule has 0 N–H and O–H groups in total. The van der Waals surface area contributed by atoms with Crippen molar-refractivity contribution in [1.82, 2.24) is 4.31 Å². The van der Waals surface area contributed by atoms with Crippen LogP contribution in [0.25, 0.3) is 6.08 Å². The van der Waals surface area contributed by atoms with Gasteiger partial charge in [-0.05, 0) is 33.3 Å². The van der Waals surface area contributed by atoms with E-state index in [-0.39, 0.29) is 16.8 Å². The molecule has 0 aliphatic carbocycles. The Kier molecular flexibility index (Phi) is 5.73. The molecule has 4 unspecified atom stereocenters. The second-order valence-corrected chi connectivity index (χ2v) is 15.9. The van der Waals surface area contributed by atoms with Gasteiger partial charge in [-0.1, -0.05) is 73.4 Å². The van der Waals surface area contributed by atoms with Crippen LogP contribution in [-0.2, 0) is 11.0 Å². The van der Waals surface area contributed by atoms with E-state index in [1.807, 2.05) is 26.8 Å². The van der Waals surface area contributed by atoms with Gasteiger partial charge in [0.2, 0.25) is 0 Å². The SMILES string of the molecule is C/C(=C/c1ccccc1)C1C(/C=C/[Si](C)(C)C)N1S(=O)C(C)(C)C. The van der Waals surface area contributed by atoms with Gasteiger partial charge in [-0.15, -0.1) is 0 Å². The van der Waals surface area contributed by atoms with Gasteiger partial charge in [-0.3, -0.25) is 0 Å². The average Bonchev–Trinajstić information content (AvgIpc) is 3.18. The van der Waals surface area contributed by atoms with E-state index in [0.29, 0.717) is 0 Å². The summed E-state index contributed by atoms with van der Waals surface area (Å²) < 4.78 is 14.8. The number of hydrogen-bond donors (Lipinski definition) is 0. The molecule has 24 heavy (non-hydrogen) atoms. The molecular formula is C20H31NOSSi. The van der Waals surface area contributed by atoms with Crippen LogP contribution in [0.3, 0.4) is 0 Å². The topological polar surface area (TPSA) is 20.1 Å². The summed E-state index contributed by atoms with van der Waals surface area (Å²) in [6.07, 6.45) is 4.52. The van der Waals surface area contributed by atoms with Crippen LogP contribution < -0.4 is 0 Å². The molecule has 1 aliphatic rings. The molecule has 0 amide bonds. The van der Waals surface area contributed by atoms with Crippen molar-refractivity contribution in [2.24, 2.45) is 0 Å². The molecule has 1 aromatic rings. The highest BCUT2D eigenvalue weighted by Gasteiger charge is 2.52. The summed E-state index contributed by atoms with van der Waals surface area (Å²) in [6.45, 7) is 15.3. The summed E-state index contributed by atoms with van der Waals surface area (Å²) in [5, 5.41) is 0. The van der Waals surface area contributed by atoms with E-state index >= 15 is 0 Å². The lowest BCUT2D eigenvalue weighted by Gasteiger charge is -2.19. The van der Waals surface area contributed by atoms with E-state index in [4.69, 9.17) is 0 Å². The Bertz CT molecular complexity index is 652. The van der Waals surface area contributed by atoms with E-state index in [0.717, 1.165) is 0 Å². The molecule has 0 saturated carbocycles. The largest absolute Gasteiger partial charge is 0.242 e. The van der Waals surface area contributed by atoms with Crippen molar-refractivity contribution in [3.8, 4) is 0 Å². The zero-order valence-corrected chi connectivity index (χ0v) is 17.9. The molecule has 2 rings (SSSR count). The smallest absolute Gasteiger partial charge is 0.101 e. The van der Waals surface area contributed by atoms with Gasteiger partial charge in [0.05, 0.1) is 24.9 Å². The molecule has 0 spiro atoms.